The molecule has 3 aromatic rings. The van der Waals surface area contributed by atoms with Gasteiger partial charge in [-0.05, 0) is 67.7 Å². The van der Waals surface area contributed by atoms with Crippen molar-refractivity contribution in [2.24, 2.45) is 0 Å². The molecule has 0 saturated carbocycles. The molecule has 1 saturated heterocycles. The van der Waals surface area contributed by atoms with Crippen molar-refractivity contribution in [2.45, 2.75) is 29.0 Å². The van der Waals surface area contributed by atoms with Gasteiger partial charge >= 0.3 is 0 Å². The van der Waals surface area contributed by atoms with Crippen molar-refractivity contribution in [3.05, 3.63) is 77.3 Å². The molecule has 3 heterocycles. The predicted molar refractivity (Wildman–Crippen MR) is 112 cm³/mol. The van der Waals surface area contributed by atoms with Crippen LogP contribution in [0, 0.1) is 0 Å². The normalized spacial score (nSPS) is 19.3. The second kappa shape index (κ2) is 7.92. The molecule has 1 fully saturated rings. The molecular formula is C20H18ClN3OS2. The average molecular weight is 416 g/mol. The minimum atomic E-state index is -0.0434. The zero-order valence-electron chi connectivity index (χ0n) is 14.6. The van der Waals surface area contributed by atoms with Crippen molar-refractivity contribution in [3.8, 4) is 0 Å². The summed E-state index contributed by atoms with van der Waals surface area (Å²) in [6, 6.07) is 17.6. The van der Waals surface area contributed by atoms with E-state index in [0.717, 1.165) is 38.1 Å². The van der Waals surface area contributed by atoms with E-state index in [1.807, 2.05) is 54.6 Å². The summed E-state index contributed by atoms with van der Waals surface area (Å²) in [4.78, 5) is 7.74. The number of nitrogens with one attached hydrogen (secondary N) is 1. The SMILES string of the molecule is CCN1C(=S)N[C@H](c2ccccn2)[C@H]1c1ccc(Sc2ccc(Cl)cc2)o1. The number of hydrogen-bond donors (Lipinski definition) is 1. The first-order valence-electron chi connectivity index (χ1n) is 8.67. The zero-order valence-corrected chi connectivity index (χ0v) is 17.0. The second-order valence-electron chi connectivity index (χ2n) is 6.13. The number of halogens is 1. The third kappa shape index (κ3) is 3.83. The Morgan fingerprint density at radius 3 is 2.70 bits per heavy atom. The van der Waals surface area contributed by atoms with Crippen LogP contribution in [0.15, 0.2) is 75.2 Å². The number of pyridine rings is 1. The highest BCUT2D eigenvalue weighted by Crippen LogP contribution is 2.41. The Bertz CT molecular complexity index is 930. The van der Waals surface area contributed by atoms with Crippen LogP contribution in [0.1, 0.15) is 30.5 Å². The van der Waals surface area contributed by atoms with Gasteiger partial charge in [-0.2, -0.15) is 0 Å². The van der Waals surface area contributed by atoms with E-state index in [0.29, 0.717) is 0 Å². The molecule has 2 aromatic heterocycles. The Balaban J connectivity index is 1.62. The third-order valence-corrected chi connectivity index (χ3v) is 6.00. The quantitative estimate of drug-likeness (QED) is 0.557. The number of likely N-dealkylation sites (N-methyl/N-ethyl adjacent to an activating group) is 1. The van der Waals surface area contributed by atoms with E-state index >= 15 is 0 Å². The van der Waals surface area contributed by atoms with Gasteiger partial charge in [-0.25, -0.2) is 0 Å². The highest BCUT2D eigenvalue weighted by molar-refractivity contribution is 7.99. The van der Waals surface area contributed by atoms with E-state index < -0.39 is 0 Å². The Morgan fingerprint density at radius 1 is 1.19 bits per heavy atom. The first-order chi connectivity index (χ1) is 13.2. The summed E-state index contributed by atoms with van der Waals surface area (Å²) in [7, 11) is 0. The highest BCUT2D eigenvalue weighted by Gasteiger charge is 2.40. The van der Waals surface area contributed by atoms with Gasteiger partial charge in [0.05, 0.1) is 11.7 Å². The van der Waals surface area contributed by atoms with E-state index in [1.165, 1.54) is 0 Å². The number of nitrogens with zero attached hydrogens (tertiary/aromatic N) is 2. The summed E-state index contributed by atoms with van der Waals surface area (Å²) >= 11 is 13.1. The van der Waals surface area contributed by atoms with E-state index in [4.69, 9.17) is 28.2 Å². The smallest absolute Gasteiger partial charge is 0.170 e. The fourth-order valence-corrected chi connectivity index (χ4v) is 4.50. The topological polar surface area (TPSA) is 41.3 Å². The van der Waals surface area contributed by atoms with Crippen LogP contribution in [0.4, 0.5) is 0 Å². The summed E-state index contributed by atoms with van der Waals surface area (Å²) in [5, 5.41) is 5.68. The Kier molecular flexibility index (Phi) is 5.38. The standard InChI is InChI=1S/C20H18ClN3OS2/c1-2-24-19(18(23-20(24)26)15-5-3-4-12-22-15)16-10-11-17(25-16)27-14-8-6-13(21)7-9-14/h3-12,18-19H,2H2,1H3,(H,23,26)/t18-,19-/m1/s1. The molecule has 2 atom stereocenters. The fourth-order valence-electron chi connectivity index (χ4n) is 3.22. The van der Waals surface area contributed by atoms with Crippen LogP contribution in [0.25, 0.3) is 0 Å². The molecule has 1 aliphatic rings. The van der Waals surface area contributed by atoms with Crippen molar-refractivity contribution < 1.29 is 4.42 Å². The number of rotatable bonds is 5. The molecule has 138 valence electrons. The molecule has 0 spiro atoms. The fraction of sp³-hybridized carbons (Fsp3) is 0.200. The van der Waals surface area contributed by atoms with Crippen LogP contribution in [0.5, 0.6) is 0 Å². The monoisotopic (exact) mass is 415 g/mol. The van der Waals surface area contributed by atoms with Crippen LogP contribution >= 0.6 is 35.6 Å². The van der Waals surface area contributed by atoms with Crippen LogP contribution in [0.2, 0.25) is 5.02 Å². The Labute approximate surface area is 172 Å². The number of aromatic nitrogens is 1. The number of thiocarbonyl (C=S) groups is 1. The van der Waals surface area contributed by atoms with Gasteiger partial charge in [0.1, 0.15) is 11.8 Å². The highest BCUT2D eigenvalue weighted by atomic mass is 35.5. The summed E-state index contributed by atoms with van der Waals surface area (Å²) in [5.41, 5.74) is 0.948. The van der Waals surface area contributed by atoms with E-state index in [2.05, 4.69) is 22.1 Å². The second-order valence-corrected chi connectivity index (χ2v) is 8.03. The van der Waals surface area contributed by atoms with Gasteiger partial charge in [0.25, 0.3) is 0 Å². The molecule has 0 amide bonds. The first kappa shape index (κ1) is 18.3. The van der Waals surface area contributed by atoms with Crippen LogP contribution in [0.3, 0.4) is 0 Å². The predicted octanol–water partition coefficient (Wildman–Crippen LogP) is 5.47. The van der Waals surface area contributed by atoms with Gasteiger partial charge in [0, 0.05) is 22.7 Å². The Morgan fingerprint density at radius 2 is 2.00 bits per heavy atom. The lowest BCUT2D eigenvalue weighted by atomic mass is 10.0. The van der Waals surface area contributed by atoms with Crippen molar-refractivity contribution >= 4 is 40.7 Å². The molecule has 4 rings (SSSR count). The molecule has 0 aliphatic carbocycles. The van der Waals surface area contributed by atoms with Gasteiger partial charge in [0.15, 0.2) is 10.2 Å². The van der Waals surface area contributed by atoms with Gasteiger partial charge in [-0.1, -0.05) is 29.4 Å². The van der Waals surface area contributed by atoms with Gasteiger partial charge < -0.3 is 14.6 Å². The molecule has 4 nitrogen and oxygen atoms in total. The van der Waals surface area contributed by atoms with Crippen molar-refractivity contribution in [1.82, 2.24) is 15.2 Å². The summed E-state index contributed by atoms with van der Waals surface area (Å²) in [5.74, 6) is 0.872. The number of furan rings is 1. The lowest BCUT2D eigenvalue weighted by Gasteiger charge is -2.24. The molecule has 0 bridgehead atoms. The maximum Gasteiger partial charge on any atom is 0.170 e. The minimum absolute atomic E-state index is 0.0306. The lowest BCUT2D eigenvalue weighted by Crippen LogP contribution is -2.29. The van der Waals surface area contributed by atoms with Gasteiger partial charge in [-0.15, -0.1) is 0 Å². The first-order valence-corrected chi connectivity index (χ1v) is 10.3. The van der Waals surface area contributed by atoms with E-state index in [1.54, 1.807) is 18.0 Å². The lowest BCUT2D eigenvalue weighted by molar-refractivity contribution is 0.267. The zero-order chi connectivity index (χ0) is 18.8. The summed E-state index contributed by atoms with van der Waals surface area (Å²) < 4.78 is 6.19. The molecule has 1 aliphatic heterocycles. The molecule has 0 unspecified atom stereocenters. The maximum atomic E-state index is 6.19. The third-order valence-electron chi connectivity index (χ3n) is 4.46. The van der Waals surface area contributed by atoms with Crippen LogP contribution in [-0.2, 0) is 0 Å². The molecule has 7 heteroatoms. The molecular weight excluding hydrogens is 398 g/mol. The van der Waals surface area contributed by atoms with Gasteiger partial charge in [0.2, 0.25) is 0 Å². The van der Waals surface area contributed by atoms with Crippen molar-refractivity contribution in [3.63, 3.8) is 0 Å². The molecule has 0 radical (unpaired) electrons. The Hall–Kier alpha value is -2.02. The van der Waals surface area contributed by atoms with Gasteiger partial charge in [-0.3, -0.25) is 4.98 Å². The summed E-state index contributed by atoms with van der Waals surface area (Å²) in [6.45, 7) is 2.88. The molecule has 1 aromatic carbocycles. The van der Waals surface area contributed by atoms with E-state index in [9.17, 15) is 0 Å². The number of benzene rings is 1. The van der Waals surface area contributed by atoms with Crippen LogP contribution < -0.4 is 5.32 Å². The molecule has 1 N–H and O–H groups in total. The van der Waals surface area contributed by atoms with Crippen LogP contribution in [-0.4, -0.2) is 21.5 Å². The average Bonchev–Trinajstić information content (AvgIpc) is 3.28. The minimum Gasteiger partial charge on any atom is -0.452 e. The largest absolute Gasteiger partial charge is 0.452 e. The van der Waals surface area contributed by atoms with E-state index in [-0.39, 0.29) is 12.1 Å². The maximum absolute atomic E-state index is 6.19. The number of hydrogen-bond acceptors (Lipinski definition) is 4. The molecule has 27 heavy (non-hydrogen) atoms. The van der Waals surface area contributed by atoms with Crippen molar-refractivity contribution in [2.75, 3.05) is 6.54 Å². The van der Waals surface area contributed by atoms with Crippen molar-refractivity contribution in [1.29, 1.82) is 0 Å². The summed E-state index contributed by atoms with van der Waals surface area (Å²) in [6.07, 6.45) is 1.80.